The highest BCUT2D eigenvalue weighted by Crippen LogP contribution is 2.24. The Morgan fingerprint density at radius 3 is 2.44 bits per heavy atom. The Balaban J connectivity index is 2.56. The molecular formula is C14H14ClFN2. The predicted octanol–water partition coefficient (Wildman–Crippen LogP) is 4.37. The van der Waals surface area contributed by atoms with Crippen LogP contribution in [0.4, 0.5) is 4.39 Å². The van der Waals surface area contributed by atoms with Crippen molar-refractivity contribution in [1.82, 2.24) is 9.97 Å². The van der Waals surface area contributed by atoms with E-state index in [4.69, 9.17) is 11.6 Å². The smallest absolute Gasteiger partial charge is 0.133 e. The molecule has 0 spiro atoms. The molecule has 1 aromatic heterocycles. The summed E-state index contributed by atoms with van der Waals surface area (Å²) in [7, 11) is 0. The van der Waals surface area contributed by atoms with Gasteiger partial charge in [0.25, 0.3) is 0 Å². The molecule has 0 radical (unpaired) electrons. The number of aromatic nitrogens is 2. The molecule has 0 aliphatic rings. The number of halogens is 2. The van der Waals surface area contributed by atoms with Crippen molar-refractivity contribution in [2.45, 2.75) is 26.7 Å². The highest BCUT2D eigenvalue weighted by atomic mass is 35.5. The maximum absolute atomic E-state index is 13.4. The zero-order chi connectivity index (χ0) is 13.3. The molecular weight excluding hydrogens is 251 g/mol. The first kappa shape index (κ1) is 13.0. The summed E-state index contributed by atoms with van der Waals surface area (Å²) < 4.78 is 13.4. The first-order valence-electron chi connectivity index (χ1n) is 5.78. The fourth-order valence-electron chi connectivity index (χ4n) is 1.73. The molecule has 0 unspecified atom stereocenters. The Bertz CT molecular complexity index is 562. The van der Waals surface area contributed by atoms with Crippen molar-refractivity contribution in [3.05, 3.63) is 46.6 Å². The fraction of sp³-hybridized carbons (Fsp3) is 0.286. The number of rotatable bonds is 2. The molecule has 2 aromatic rings. The van der Waals surface area contributed by atoms with Crippen molar-refractivity contribution in [3.8, 4) is 11.3 Å². The molecule has 2 rings (SSSR count). The third-order valence-corrected chi connectivity index (χ3v) is 2.76. The quantitative estimate of drug-likeness (QED) is 0.753. The van der Waals surface area contributed by atoms with Crippen LogP contribution in [0.2, 0.25) is 5.15 Å². The summed E-state index contributed by atoms with van der Waals surface area (Å²) in [5.74, 6) is 0.572. The fourth-order valence-corrected chi connectivity index (χ4v) is 1.92. The third kappa shape index (κ3) is 2.85. The van der Waals surface area contributed by atoms with E-state index in [2.05, 4.69) is 9.97 Å². The lowest BCUT2D eigenvalue weighted by molar-refractivity contribution is 0.627. The molecule has 0 fully saturated rings. The largest absolute Gasteiger partial charge is 0.233 e. The Hall–Kier alpha value is -1.48. The van der Waals surface area contributed by atoms with Gasteiger partial charge in [-0.25, -0.2) is 14.4 Å². The minimum atomic E-state index is -0.272. The molecule has 18 heavy (non-hydrogen) atoms. The van der Waals surface area contributed by atoms with Gasteiger partial charge in [-0.3, -0.25) is 0 Å². The molecule has 0 aliphatic heterocycles. The third-order valence-electron chi connectivity index (χ3n) is 2.57. The highest BCUT2D eigenvalue weighted by Gasteiger charge is 2.09. The van der Waals surface area contributed by atoms with E-state index < -0.39 is 0 Å². The predicted molar refractivity (Wildman–Crippen MR) is 71.3 cm³/mol. The molecule has 1 heterocycles. The van der Waals surface area contributed by atoms with Gasteiger partial charge in [-0.1, -0.05) is 25.4 Å². The number of hydrogen-bond donors (Lipinski definition) is 0. The lowest BCUT2D eigenvalue weighted by Crippen LogP contribution is -1.99. The van der Waals surface area contributed by atoms with Gasteiger partial charge < -0.3 is 0 Å². The average Bonchev–Trinajstić information content (AvgIpc) is 2.26. The van der Waals surface area contributed by atoms with Crippen LogP contribution in [0.1, 0.15) is 31.2 Å². The maximum Gasteiger partial charge on any atom is 0.133 e. The summed E-state index contributed by atoms with van der Waals surface area (Å²) in [5.41, 5.74) is 2.23. The van der Waals surface area contributed by atoms with E-state index in [1.807, 2.05) is 26.8 Å². The van der Waals surface area contributed by atoms with Gasteiger partial charge in [0.05, 0.1) is 5.69 Å². The zero-order valence-electron chi connectivity index (χ0n) is 10.5. The van der Waals surface area contributed by atoms with Gasteiger partial charge in [0.1, 0.15) is 16.8 Å². The summed E-state index contributed by atoms with van der Waals surface area (Å²) in [6, 6.07) is 6.47. The van der Waals surface area contributed by atoms with Crippen molar-refractivity contribution >= 4 is 11.6 Å². The van der Waals surface area contributed by atoms with Gasteiger partial charge in [0, 0.05) is 17.5 Å². The van der Waals surface area contributed by atoms with Crippen LogP contribution in [-0.2, 0) is 0 Å². The van der Waals surface area contributed by atoms with E-state index in [1.54, 1.807) is 6.07 Å². The first-order valence-corrected chi connectivity index (χ1v) is 6.15. The van der Waals surface area contributed by atoms with Crippen molar-refractivity contribution in [2.75, 3.05) is 0 Å². The molecule has 0 aliphatic carbocycles. The molecule has 94 valence electrons. The number of aryl methyl sites for hydroxylation is 1. The van der Waals surface area contributed by atoms with Gasteiger partial charge >= 0.3 is 0 Å². The lowest BCUT2D eigenvalue weighted by Gasteiger charge is -2.08. The van der Waals surface area contributed by atoms with Crippen LogP contribution in [0.5, 0.6) is 0 Å². The molecule has 0 N–H and O–H groups in total. The Morgan fingerprint density at radius 2 is 1.83 bits per heavy atom. The maximum atomic E-state index is 13.4. The summed E-state index contributed by atoms with van der Waals surface area (Å²) in [6.07, 6.45) is 0. The molecule has 0 atom stereocenters. The van der Waals surface area contributed by atoms with E-state index in [0.29, 0.717) is 16.7 Å². The second-order valence-electron chi connectivity index (χ2n) is 4.61. The summed E-state index contributed by atoms with van der Waals surface area (Å²) in [6.45, 7) is 5.83. The zero-order valence-corrected chi connectivity index (χ0v) is 11.3. The standard InChI is InChI=1S/C14H14ClFN2/c1-8(2)14-17-12(7-13(15)18-14)10-4-9(3)5-11(16)6-10/h4-8H,1-3H3. The minimum Gasteiger partial charge on any atom is -0.233 e. The number of benzene rings is 1. The van der Waals surface area contributed by atoms with Gasteiger partial charge in [-0.05, 0) is 30.7 Å². The summed E-state index contributed by atoms with van der Waals surface area (Å²) >= 11 is 5.98. The molecule has 0 saturated heterocycles. The summed E-state index contributed by atoms with van der Waals surface area (Å²) in [4.78, 5) is 8.59. The second kappa shape index (κ2) is 5.02. The van der Waals surface area contributed by atoms with Crippen LogP contribution in [0.25, 0.3) is 11.3 Å². The average molecular weight is 265 g/mol. The minimum absolute atomic E-state index is 0.178. The van der Waals surface area contributed by atoms with Gasteiger partial charge in [0.2, 0.25) is 0 Å². The van der Waals surface area contributed by atoms with Gasteiger partial charge in [-0.15, -0.1) is 0 Å². The van der Waals surface area contributed by atoms with E-state index in [1.165, 1.54) is 12.1 Å². The van der Waals surface area contributed by atoms with Crippen LogP contribution < -0.4 is 0 Å². The Labute approximate surface area is 111 Å². The van der Waals surface area contributed by atoms with Crippen LogP contribution >= 0.6 is 11.6 Å². The first-order chi connectivity index (χ1) is 8.45. The van der Waals surface area contributed by atoms with Crippen molar-refractivity contribution in [1.29, 1.82) is 0 Å². The van der Waals surface area contributed by atoms with E-state index in [9.17, 15) is 4.39 Å². The lowest BCUT2D eigenvalue weighted by atomic mass is 10.1. The molecule has 0 saturated carbocycles. The molecule has 2 nitrogen and oxygen atoms in total. The second-order valence-corrected chi connectivity index (χ2v) is 4.99. The molecule has 1 aromatic carbocycles. The van der Waals surface area contributed by atoms with E-state index >= 15 is 0 Å². The van der Waals surface area contributed by atoms with Crippen LogP contribution in [0, 0.1) is 12.7 Å². The molecule has 0 amide bonds. The number of nitrogens with zero attached hydrogens (tertiary/aromatic N) is 2. The van der Waals surface area contributed by atoms with Gasteiger partial charge in [0.15, 0.2) is 0 Å². The molecule has 4 heteroatoms. The topological polar surface area (TPSA) is 25.8 Å². The number of hydrogen-bond acceptors (Lipinski definition) is 2. The van der Waals surface area contributed by atoms with Crippen molar-refractivity contribution in [3.63, 3.8) is 0 Å². The van der Waals surface area contributed by atoms with Crippen molar-refractivity contribution in [2.24, 2.45) is 0 Å². The van der Waals surface area contributed by atoms with Crippen LogP contribution in [0.15, 0.2) is 24.3 Å². The monoisotopic (exact) mass is 264 g/mol. The summed E-state index contributed by atoms with van der Waals surface area (Å²) in [5, 5.41) is 0.380. The van der Waals surface area contributed by atoms with Crippen LogP contribution in [-0.4, -0.2) is 9.97 Å². The Morgan fingerprint density at radius 1 is 1.11 bits per heavy atom. The Kier molecular flexibility index (Phi) is 3.62. The SMILES string of the molecule is Cc1cc(F)cc(-c2cc(Cl)nc(C(C)C)n2)c1. The molecule has 0 bridgehead atoms. The van der Waals surface area contributed by atoms with Crippen LogP contribution in [0.3, 0.4) is 0 Å². The van der Waals surface area contributed by atoms with Gasteiger partial charge in [-0.2, -0.15) is 0 Å². The van der Waals surface area contributed by atoms with Crippen molar-refractivity contribution < 1.29 is 4.39 Å². The highest BCUT2D eigenvalue weighted by molar-refractivity contribution is 6.29. The van der Waals surface area contributed by atoms with E-state index in [-0.39, 0.29) is 11.7 Å². The normalized spacial score (nSPS) is 11.0. The van der Waals surface area contributed by atoms with E-state index in [0.717, 1.165) is 11.1 Å².